The molecular weight excluding hydrogens is 590 g/mol. The first kappa shape index (κ1) is 32.0. The van der Waals surface area contributed by atoms with Gasteiger partial charge in [-0.15, -0.1) is 0 Å². The number of carbonyl (C=O) groups excluding carboxylic acids is 1. The van der Waals surface area contributed by atoms with Crippen molar-refractivity contribution in [2.45, 2.75) is 63.1 Å². The molecule has 5 rings (SSSR count). The lowest BCUT2D eigenvalue weighted by atomic mass is 9.81. The molecule has 3 heterocycles. The molecule has 2 aromatic carbocycles. The van der Waals surface area contributed by atoms with Crippen molar-refractivity contribution in [2.24, 2.45) is 0 Å². The van der Waals surface area contributed by atoms with Crippen LogP contribution >= 0.6 is 0 Å². The molecule has 0 spiro atoms. The minimum atomic E-state index is -4.30. The molecule has 232 valence electrons. The van der Waals surface area contributed by atoms with Crippen molar-refractivity contribution >= 4 is 26.2 Å². The number of hydrogen-bond donors (Lipinski definition) is 3. The summed E-state index contributed by atoms with van der Waals surface area (Å²) < 4.78 is 72.7. The SMILES string of the molecule is COc1cc2c(cc1OC)[C@@H]1C[C@H](C[C@@H]3CCCCN31)OC(=O)CCc1ccc(O)c-2c1.O=S(=O)(O)CCS(=O)(=O)O. The highest BCUT2D eigenvalue weighted by molar-refractivity contribution is 7.89. The van der Waals surface area contributed by atoms with Crippen LogP contribution < -0.4 is 9.47 Å². The van der Waals surface area contributed by atoms with Crippen LogP contribution in [0.3, 0.4) is 0 Å². The zero-order valence-electron chi connectivity index (χ0n) is 23.6. The number of hydrogen-bond acceptors (Lipinski definition) is 10. The van der Waals surface area contributed by atoms with Crippen molar-refractivity contribution in [3.8, 4) is 28.4 Å². The molecule has 2 fully saturated rings. The van der Waals surface area contributed by atoms with Crippen LogP contribution in [-0.4, -0.2) is 86.3 Å². The van der Waals surface area contributed by atoms with Crippen molar-refractivity contribution in [3.63, 3.8) is 0 Å². The first-order valence-electron chi connectivity index (χ1n) is 13.7. The largest absolute Gasteiger partial charge is 0.507 e. The molecule has 0 radical (unpaired) electrons. The third-order valence-corrected chi connectivity index (χ3v) is 9.57. The fraction of sp³-hybridized carbons (Fsp3) is 0.536. The topological polar surface area (TPSA) is 177 Å². The highest BCUT2D eigenvalue weighted by Crippen LogP contribution is 2.48. The number of methoxy groups -OCH3 is 2. The summed E-state index contributed by atoms with van der Waals surface area (Å²) in [7, 11) is -5.32. The van der Waals surface area contributed by atoms with Crippen LogP contribution in [0, 0.1) is 0 Å². The normalized spacial score (nSPS) is 22.6. The van der Waals surface area contributed by atoms with Crippen LogP contribution in [0.4, 0.5) is 0 Å². The molecule has 2 saturated heterocycles. The number of aryl methyl sites for hydroxylation is 1. The Hall–Kier alpha value is -2.91. The monoisotopic (exact) mass is 627 g/mol. The minimum absolute atomic E-state index is 0.0733. The third kappa shape index (κ3) is 8.13. The van der Waals surface area contributed by atoms with Gasteiger partial charge < -0.3 is 19.3 Å². The van der Waals surface area contributed by atoms with Crippen molar-refractivity contribution < 1.29 is 50.1 Å². The van der Waals surface area contributed by atoms with Crippen LogP contribution in [-0.2, 0) is 36.2 Å². The molecule has 0 unspecified atom stereocenters. The molecule has 14 heteroatoms. The highest BCUT2D eigenvalue weighted by atomic mass is 32.2. The van der Waals surface area contributed by atoms with Crippen LogP contribution in [0.1, 0.15) is 55.7 Å². The molecule has 0 saturated carbocycles. The van der Waals surface area contributed by atoms with Crippen LogP contribution in [0.2, 0.25) is 0 Å². The molecule has 3 aliphatic rings. The van der Waals surface area contributed by atoms with Gasteiger partial charge in [0.1, 0.15) is 11.9 Å². The Labute approximate surface area is 246 Å². The van der Waals surface area contributed by atoms with E-state index >= 15 is 0 Å². The summed E-state index contributed by atoms with van der Waals surface area (Å²) in [4.78, 5) is 15.2. The highest BCUT2D eigenvalue weighted by Gasteiger charge is 2.40. The number of ether oxygens (including phenoxy) is 3. The summed E-state index contributed by atoms with van der Waals surface area (Å²) in [6.07, 6.45) is 5.95. The van der Waals surface area contributed by atoms with E-state index in [-0.39, 0.29) is 23.9 Å². The second kappa shape index (κ2) is 13.2. The van der Waals surface area contributed by atoms with E-state index in [1.807, 2.05) is 24.3 Å². The Bertz CT molecular complexity index is 1480. The summed E-state index contributed by atoms with van der Waals surface area (Å²) in [5.74, 6) is -0.568. The number of rotatable bonds is 5. The maximum absolute atomic E-state index is 12.6. The van der Waals surface area contributed by atoms with Gasteiger partial charge in [-0.25, -0.2) is 0 Å². The molecular formula is C28H37NO11S2. The molecule has 42 heavy (non-hydrogen) atoms. The molecule has 0 aromatic heterocycles. The van der Waals surface area contributed by atoms with Gasteiger partial charge in [0.2, 0.25) is 0 Å². The van der Waals surface area contributed by atoms with Gasteiger partial charge in [0.15, 0.2) is 11.5 Å². The molecule has 2 aromatic rings. The Morgan fingerprint density at radius 1 is 0.905 bits per heavy atom. The molecule has 3 aliphatic heterocycles. The van der Waals surface area contributed by atoms with E-state index in [0.29, 0.717) is 30.4 Å². The van der Waals surface area contributed by atoms with E-state index in [1.165, 1.54) is 12.8 Å². The smallest absolute Gasteiger partial charge is 0.306 e. The fourth-order valence-corrected chi connectivity index (χ4v) is 7.62. The lowest BCUT2D eigenvalue weighted by molar-refractivity contribution is -0.154. The first-order valence-corrected chi connectivity index (χ1v) is 16.9. The number of benzene rings is 2. The van der Waals surface area contributed by atoms with Gasteiger partial charge >= 0.3 is 5.97 Å². The summed E-state index contributed by atoms with van der Waals surface area (Å²) in [6, 6.07) is 10.1. The van der Waals surface area contributed by atoms with E-state index in [4.69, 9.17) is 23.3 Å². The zero-order valence-corrected chi connectivity index (χ0v) is 25.2. The number of nitrogens with zero attached hydrogens (tertiary/aromatic N) is 1. The van der Waals surface area contributed by atoms with Gasteiger partial charge in [-0.3, -0.25) is 18.8 Å². The van der Waals surface area contributed by atoms with Crippen molar-refractivity contribution in [1.82, 2.24) is 4.90 Å². The molecule has 4 bridgehead atoms. The Morgan fingerprint density at radius 3 is 2.21 bits per heavy atom. The van der Waals surface area contributed by atoms with Gasteiger partial charge in [-0.05, 0) is 66.8 Å². The maximum Gasteiger partial charge on any atom is 0.306 e. The number of carbonyl (C=O) groups is 1. The summed E-state index contributed by atoms with van der Waals surface area (Å²) in [6.45, 7) is 1.02. The number of phenols is 1. The van der Waals surface area contributed by atoms with Crippen molar-refractivity contribution in [3.05, 3.63) is 41.5 Å². The average molecular weight is 628 g/mol. The quantitative estimate of drug-likeness (QED) is 0.326. The second-order valence-corrected chi connectivity index (χ2v) is 13.8. The van der Waals surface area contributed by atoms with E-state index in [1.54, 1.807) is 20.3 Å². The Kier molecular flexibility index (Phi) is 10.0. The molecule has 12 nitrogen and oxygen atoms in total. The van der Waals surface area contributed by atoms with Crippen LogP contribution in [0.5, 0.6) is 17.2 Å². The average Bonchev–Trinajstić information content (AvgIpc) is 2.94. The molecule has 0 amide bonds. The summed E-state index contributed by atoms with van der Waals surface area (Å²) >= 11 is 0. The lowest BCUT2D eigenvalue weighted by Crippen LogP contribution is -2.49. The number of phenolic OH excluding ortho intramolecular Hbond substituents is 1. The summed E-state index contributed by atoms with van der Waals surface area (Å²) in [5, 5.41) is 10.8. The Balaban J connectivity index is 0.000000349. The zero-order chi connectivity index (χ0) is 30.7. The Morgan fingerprint density at radius 2 is 1.57 bits per heavy atom. The van der Waals surface area contributed by atoms with E-state index < -0.39 is 31.7 Å². The first-order chi connectivity index (χ1) is 19.8. The van der Waals surface area contributed by atoms with Gasteiger partial charge in [-0.1, -0.05) is 12.5 Å². The molecule has 3 atom stereocenters. The van der Waals surface area contributed by atoms with E-state index in [2.05, 4.69) is 4.90 Å². The molecule has 3 N–H and O–H groups in total. The number of piperidine rings is 2. The number of esters is 1. The maximum atomic E-state index is 12.6. The minimum Gasteiger partial charge on any atom is -0.507 e. The van der Waals surface area contributed by atoms with Crippen molar-refractivity contribution in [1.29, 1.82) is 0 Å². The number of aromatic hydroxyl groups is 1. The standard InChI is InChI=1S/C26H31NO5.C2H6O6S2/c1-30-24-14-19-20(15-25(24)31-2)22-13-18(12-17-5-3-4-10-27(17)22)32-26(29)9-7-16-6-8-23(28)21(19)11-16;3-9(4,5)1-2-10(6,7)8/h6,8,11,14-15,17-18,22,28H,3-5,7,9-10,12-13H2,1-2H3;1-2H2,(H,3,4,5)(H,6,7,8)/t17-,18-,22-;/m0./s1. The van der Waals surface area contributed by atoms with Crippen LogP contribution in [0.15, 0.2) is 30.3 Å². The number of fused-ring (bicyclic) bond motifs is 9. The summed E-state index contributed by atoms with van der Waals surface area (Å²) in [5.41, 5.74) is 3.80. The molecule has 0 aliphatic carbocycles. The second-order valence-electron chi connectivity index (χ2n) is 10.7. The van der Waals surface area contributed by atoms with E-state index in [0.717, 1.165) is 48.1 Å². The van der Waals surface area contributed by atoms with Crippen molar-refractivity contribution in [2.75, 3.05) is 32.3 Å². The van der Waals surface area contributed by atoms with Gasteiger partial charge in [-0.2, -0.15) is 16.8 Å². The fourth-order valence-electron chi connectivity index (χ4n) is 5.93. The van der Waals surface area contributed by atoms with E-state index in [9.17, 15) is 26.7 Å². The van der Waals surface area contributed by atoms with Gasteiger partial charge in [0.25, 0.3) is 20.2 Å². The van der Waals surface area contributed by atoms with Gasteiger partial charge in [0.05, 0.1) is 25.7 Å². The third-order valence-electron chi connectivity index (χ3n) is 7.88. The lowest BCUT2D eigenvalue weighted by Gasteiger charge is -2.48. The van der Waals surface area contributed by atoms with Gasteiger partial charge in [0, 0.05) is 36.9 Å². The predicted molar refractivity (Wildman–Crippen MR) is 154 cm³/mol. The predicted octanol–water partition coefficient (Wildman–Crippen LogP) is 3.39. The van der Waals surface area contributed by atoms with Crippen LogP contribution in [0.25, 0.3) is 11.1 Å².